The van der Waals surface area contributed by atoms with Gasteiger partial charge >= 0.3 is 12.1 Å². The van der Waals surface area contributed by atoms with Crippen molar-refractivity contribution in [2.75, 3.05) is 41.3 Å². The number of amides is 4. The molecule has 0 radical (unpaired) electrons. The molecular weight excluding hydrogens is 640 g/mol. The molecule has 272 valence electrons. The minimum atomic E-state index is -0.233. The maximum atomic E-state index is 12.7. The Hall–Kier alpha value is -5.06. The Kier molecular flexibility index (Phi) is 14.3. The van der Waals surface area contributed by atoms with Gasteiger partial charge in [-0.1, -0.05) is 66.2 Å². The van der Waals surface area contributed by atoms with Crippen LogP contribution in [0.1, 0.15) is 53.7 Å². The third-order valence-electron chi connectivity index (χ3n) is 9.15. The van der Waals surface area contributed by atoms with Gasteiger partial charge in [0.05, 0.1) is 12.1 Å². The highest BCUT2D eigenvalue weighted by molar-refractivity contribution is 5.75. The van der Waals surface area contributed by atoms with Crippen molar-refractivity contribution in [3.05, 3.63) is 125 Å². The molecule has 0 unspecified atom stereocenters. The van der Waals surface area contributed by atoms with Crippen molar-refractivity contribution in [1.29, 1.82) is 0 Å². The first-order chi connectivity index (χ1) is 24.4. The second-order valence-corrected chi connectivity index (χ2v) is 13.7. The van der Waals surface area contributed by atoms with Crippen molar-refractivity contribution < 1.29 is 19.4 Å². The van der Waals surface area contributed by atoms with E-state index < -0.39 is 0 Å². The van der Waals surface area contributed by atoms with Crippen LogP contribution in [0.15, 0.2) is 97.1 Å². The summed E-state index contributed by atoms with van der Waals surface area (Å²) >= 11 is 0. The van der Waals surface area contributed by atoms with Crippen molar-refractivity contribution in [3.8, 4) is 17.2 Å². The third kappa shape index (κ3) is 12.6. The van der Waals surface area contributed by atoms with E-state index >= 15 is 0 Å². The molecule has 0 bridgehead atoms. The van der Waals surface area contributed by atoms with Gasteiger partial charge in [-0.05, 0) is 120 Å². The first-order valence-electron chi connectivity index (χ1n) is 17.5. The molecule has 4 aromatic rings. The molecule has 0 aliphatic heterocycles. The quantitative estimate of drug-likeness (QED) is 0.0908. The van der Waals surface area contributed by atoms with Gasteiger partial charge in [-0.2, -0.15) is 0 Å². The summed E-state index contributed by atoms with van der Waals surface area (Å²) in [5.41, 5.74) is 5.45. The molecule has 0 aliphatic carbocycles. The molecule has 4 rings (SSSR count). The van der Waals surface area contributed by atoms with Crippen LogP contribution in [0, 0.1) is 6.92 Å². The van der Waals surface area contributed by atoms with Gasteiger partial charge in [-0.25, -0.2) is 9.59 Å². The first-order valence-corrected chi connectivity index (χ1v) is 17.5. The number of aromatic hydroxyl groups is 1. The van der Waals surface area contributed by atoms with Gasteiger partial charge < -0.3 is 40.9 Å². The molecule has 4 aromatic carbocycles. The molecule has 51 heavy (non-hydrogen) atoms. The minimum absolute atomic E-state index is 0.0881. The number of phenols is 1. The highest BCUT2D eigenvalue weighted by atomic mass is 16.5. The zero-order valence-electron chi connectivity index (χ0n) is 30.9. The fraction of sp³-hybridized carbons (Fsp3) is 0.366. The summed E-state index contributed by atoms with van der Waals surface area (Å²) in [6, 6.07) is 30.6. The van der Waals surface area contributed by atoms with Crippen LogP contribution in [0.25, 0.3) is 0 Å². The predicted molar refractivity (Wildman–Crippen MR) is 205 cm³/mol. The molecule has 5 N–H and O–H groups in total. The molecule has 0 saturated heterocycles. The van der Waals surface area contributed by atoms with E-state index in [-0.39, 0.29) is 42.0 Å². The fourth-order valence-corrected chi connectivity index (χ4v) is 5.64. The van der Waals surface area contributed by atoms with Gasteiger partial charge in [0.1, 0.15) is 17.2 Å². The van der Waals surface area contributed by atoms with Gasteiger partial charge in [0.25, 0.3) is 0 Å². The number of aryl methyl sites for hydroxylation is 1. The SMILES string of the molecule is Cc1ccc([C@H](C)NC(=O)NC[C@H](Cc2ccc(Oc3ccc([C@H](C)NC(=O)NC[C@H](Cc4ccc(O)cc4)N(C)C)cc3)cc2)N(C)C)cc1. The molecule has 4 atom stereocenters. The Labute approximate surface area is 303 Å². The molecule has 4 amide bonds. The van der Waals surface area contributed by atoms with Crippen molar-refractivity contribution in [2.24, 2.45) is 0 Å². The normalized spacial score (nSPS) is 13.6. The van der Waals surface area contributed by atoms with Crippen LogP contribution in [-0.2, 0) is 12.8 Å². The largest absolute Gasteiger partial charge is 0.508 e. The van der Waals surface area contributed by atoms with E-state index in [1.807, 2.05) is 110 Å². The Bertz CT molecular complexity index is 1660. The van der Waals surface area contributed by atoms with E-state index in [0.717, 1.165) is 40.8 Å². The van der Waals surface area contributed by atoms with Crippen molar-refractivity contribution in [2.45, 2.75) is 57.8 Å². The standard InChI is InChI=1S/C41H54N6O4/c1-28-8-14-33(15-9-28)29(2)44-40(49)43-27-36(47(6)7)25-32-12-20-38(21-13-32)51-39-22-16-34(17-23-39)30(3)45-41(50)42-26-35(46(4)5)24-31-10-18-37(48)19-11-31/h8-23,29-30,35-36,48H,24-27H2,1-7H3,(H2,42,45,50)(H2,43,44,49)/t29-,30-,35-,36-/m0/s1. The van der Waals surface area contributed by atoms with Gasteiger partial charge in [0, 0.05) is 25.2 Å². The Morgan fingerprint density at radius 1 is 0.608 bits per heavy atom. The van der Waals surface area contributed by atoms with E-state index in [1.54, 1.807) is 12.1 Å². The number of nitrogens with zero attached hydrogens (tertiary/aromatic N) is 2. The van der Waals surface area contributed by atoms with Crippen LogP contribution < -0.4 is 26.0 Å². The summed E-state index contributed by atoms with van der Waals surface area (Å²) in [6.45, 7) is 6.97. The maximum Gasteiger partial charge on any atom is 0.315 e. The topological polar surface area (TPSA) is 118 Å². The van der Waals surface area contributed by atoms with Crippen LogP contribution in [0.3, 0.4) is 0 Å². The van der Waals surface area contributed by atoms with Gasteiger partial charge in [-0.3, -0.25) is 0 Å². The average Bonchev–Trinajstić information content (AvgIpc) is 3.10. The molecule has 0 aromatic heterocycles. The lowest BCUT2D eigenvalue weighted by atomic mass is 10.0. The zero-order chi connectivity index (χ0) is 36.9. The lowest BCUT2D eigenvalue weighted by Crippen LogP contribution is -2.45. The third-order valence-corrected chi connectivity index (χ3v) is 9.15. The second kappa shape index (κ2) is 18.8. The Morgan fingerprint density at radius 2 is 0.980 bits per heavy atom. The molecule has 0 saturated carbocycles. The summed E-state index contributed by atoms with van der Waals surface area (Å²) in [5.74, 6) is 1.67. The molecule has 0 heterocycles. The number of hydrogen-bond donors (Lipinski definition) is 5. The molecule has 10 heteroatoms. The Morgan fingerprint density at radius 3 is 1.39 bits per heavy atom. The maximum absolute atomic E-state index is 12.7. The van der Waals surface area contributed by atoms with Crippen LogP contribution in [0.5, 0.6) is 17.2 Å². The second-order valence-electron chi connectivity index (χ2n) is 13.7. The number of likely N-dealkylation sites (N-methyl/N-ethyl adjacent to an activating group) is 2. The summed E-state index contributed by atoms with van der Waals surface area (Å²) in [6.07, 6.45) is 1.51. The molecule has 10 nitrogen and oxygen atoms in total. The van der Waals surface area contributed by atoms with E-state index in [9.17, 15) is 14.7 Å². The number of ether oxygens (including phenoxy) is 1. The fourth-order valence-electron chi connectivity index (χ4n) is 5.64. The van der Waals surface area contributed by atoms with E-state index in [1.165, 1.54) is 5.56 Å². The van der Waals surface area contributed by atoms with Crippen molar-refractivity contribution in [1.82, 2.24) is 31.1 Å². The van der Waals surface area contributed by atoms with E-state index in [4.69, 9.17) is 4.74 Å². The van der Waals surface area contributed by atoms with Crippen LogP contribution in [0.2, 0.25) is 0 Å². The lowest BCUT2D eigenvalue weighted by Gasteiger charge is -2.25. The zero-order valence-corrected chi connectivity index (χ0v) is 30.9. The minimum Gasteiger partial charge on any atom is -0.508 e. The van der Waals surface area contributed by atoms with E-state index in [2.05, 4.69) is 55.3 Å². The number of rotatable bonds is 16. The lowest BCUT2D eigenvalue weighted by molar-refractivity contribution is 0.228. The van der Waals surface area contributed by atoms with E-state index in [0.29, 0.717) is 18.8 Å². The summed E-state index contributed by atoms with van der Waals surface area (Å²) in [4.78, 5) is 29.6. The summed E-state index contributed by atoms with van der Waals surface area (Å²) in [7, 11) is 8.02. The smallest absolute Gasteiger partial charge is 0.315 e. The molecule has 0 aliphatic rings. The Balaban J connectivity index is 1.21. The molecular formula is C41H54N6O4. The molecule has 0 spiro atoms. The molecule has 0 fully saturated rings. The predicted octanol–water partition coefficient (Wildman–Crippen LogP) is 6.56. The number of nitrogens with one attached hydrogen (secondary N) is 4. The first kappa shape index (κ1) is 38.7. The number of carbonyl (C=O) groups excluding carboxylic acids is 2. The summed E-state index contributed by atoms with van der Waals surface area (Å²) in [5, 5.41) is 21.6. The monoisotopic (exact) mass is 694 g/mol. The highest BCUT2D eigenvalue weighted by Crippen LogP contribution is 2.24. The number of hydrogen-bond acceptors (Lipinski definition) is 6. The van der Waals surface area contributed by atoms with Gasteiger partial charge in [0.2, 0.25) is 0 Å². The van der Waals surface area contributed by atoms with Crippen molar-refractivity contribution in [3.63, 3.8) is 0 Å². The number of benzene rings is 4. The number of carbonyl (C=O) groups is 2. The van der Waals surface area contributed by atoms with Crippen LogP contribution in [0.4, 0.5) is 9.59 Å². The van der Waals surface area contributed by atoms with Gasteiger partial charge in [-0.15, -0.1) is 0 Å². The van der Waals surface area contributed by atoms with Crippen molar-refractivity contribution >= 4 is 12.1 Å². The number of phenolic OH excluding ortho intramolecular Hbond substituents is 1. The van der Waals surface area contributed by atoms with Crippen LogP contribution >= 0.6 is 0 Å². The van der Waals surface area contributed by atoms with Gasteiger partial charge in [0.15, 0.2) is 0 Å². The van der Waals surface area contributed by atoms with Crippen LogP contribution in [-0.4, -0.2) is 80.3 Å². The highest BCUT2D eigenvalue weighted by Gasteiger charge is 2.17. The summed E-state index contributed by atoms with van der Waals surface area (Å²) < 4.78 is 6.11. The average molecular weight is 695 g/mol. The number of urea groups is 2.